The molecular formula is C62H44N2. The Bertz CT molecular complexity index is 3350. The van der Waals surface area contributed by atoms with Gasteiger partial charge in [-0.1, -0.05) is 206 Å². The van der Waals surface area contributed by atoms with Gasteiger partial charge >= 0.3 is 0 Å². The summed E-state index contributed by atoms with van der Waals surface area (Å²) in [6.07, 6.45) is 4.72. The summed E-state index contributed by atoms with van der Waals surface area (Å²) >= 11 is 0. The minimum absolute atomic E-state index is 0.174. The van der Waals surface area contributed by atoms with Crippen molar-refractivity contribution in [3.05, 3.63) is 265 Å². The third-order valence-electron chi connectivity index (χ3n) is 13.2. The minimum atomic E-state index is 0.174. The Kier molecular flexibility index (Phi) is 9.34. The van der Waals surface area contributed by atoms with Crippen molar-refractivity contribution < 1.29 is 0 Å². The first-order valence-electron chi connectivity index (χ1n) is 22.2. The number of nitrogens with zero attached hydrogens (tertiary/aromatic N) is 2. The molecule has 10 aromatic carbocycles. The van der Waals surface area contributed by atoms with Gasteiger partial charge in [-0.15, -0.1) is 0 Å². The second-order valence-electron chi connectivity index (χ2n) is 16.8. The van der Waals surface area contributed by atoms with Crippen molar-refractivity contribution in [2.24, 2.45) is 0 Å². The molecule has 64 heavy (non-hydrogen) atoms. The Morgan fingerprint density at radius 2 is 0.922 bits per heavy atom. The maximum atomic E-state index is 2.57. The normalized spacial score (nSPS) is 14.8. The third-order valence-corrected chi connectivity index (χ3v) is 13.2. The van der Waals surface area contributed by atoms with Crippen LogP contribution in [0.3, 0.4) is 0 Å². The van der Waals surface area contributed by atoms with Crippen molar-refractivity contribution in [3.63, 3.8) is 0 Å². The van der Waals surface area contributed by atoms with Crippen LogP contribution in [0.1, 0.15) is 22.6 Å². The average Bonchev–Trinajstić information content (AvgIpc) is 3.72. The van der Waals surface area contributed by atoms with Gasteiger partial charge in [0.05, 0.1) is 11.7 Å². The average molecular weight is 817 g/mol. The van der Waals surface area contributed by atoms with E-state index in [4.69, 9.17) is 0 Å². The molecule has 0 amide bonds. The van der Waals surface area contributed by atoms with Crippen LogP contribution in [0.4, 0.5) is 28.4 Å². The second-order valence-corrected chi connectivity index (χ2v) is 16.8. The molecule has 2 unspecified atom stereocenters. The van der Waals surface area contributed by atoms with Gasteiger partial charge in [0.1, 0.15) is 0 Å². The van der Waals surface area contributed by atoms with E-state index in [1.54, 1.807) is 0 Å². The fourth-order valence-corrected chi connectivity index (χ4v) is 10.3. The summed E-state index contributed by atoms with van der Waals surface area (Å²) < 4.78 is 0. The van der Waals surface area contributed by atoms with Crippen molar-refractivity contribution in [2.75, 3.05) is 9.80 Å². The van der Waals surface area contributed by atoms with Gasteiger partial charge in [-0.05, 0) is 109 Å². The lowest BCUT2D eigenvalue weighted by Gasteiger charge is -2.33. The van der Waals surface area contributed by atoms with Gasteiger partial charge in [-0.3, -0.25) is 0 Å². The van der Waals surface area contributed by atoms with Gasteiger partial charge in [0.15, 0.2) is 0 Å². The van der Waals surface area contributed by atoms with Crippen LogP contribution in [-0.2, 0) is 0 Å². The predicted octanol–water partition coefficient (Wildman–Crippen LogP) is 16.7. The number of hydrogen-bond acceptors (Lipinski definition) is 2. The van der Waals surface area contributed by atoms with E-state index in [2.05, 4.69) is 265 Å². The van der Waals surface area contributed by atoms with Crippen LogP contribution < -0.4 is 9.80 Å². The molecule has 0 fully saturated rings. The molecule has 12 rings (SSSR count). The van der Waals surface area contributed by atoms with Crippen molar-refractivity contribution >= 4 is 45.3 Å². The van der Waals surface area contributed by atoms with E-state index >= 15 is 0 Å². The molecule has 0 saturated heterocycles. The largest absolute Gasteiger partial charge is 0.333 e. The highest BCUT2D eigenvalue weighted by molar-refractivity contribution is 5.96. The van der Waals surface area contributed by atoms with Crippen molar-refractivity contribution in [3.8, 4) is 44.5 Å². The van der Waals surface area contributed by atoms with Crippen LogP contribution in [-0.4, -0.2) is 6.04 Å². The topological polar surface area (TPSA) is 6.48 Å². The molecular weight excluding hydrogens is 773 g/mol. The molecule has 2 nitrogen and oxygen atoms in total. The molecule has 2 aliphatic rings. The highest BCUT2D eigenvalue weighted by atomic mass is 15.2. The van der Waals surface area contributed by atoms with Gasteiger partial charge in [0, 0.05) is 39.8 Å². The first-order valence-corrected chi connectivity index (χ1v) is 22.2. The number of hydrogen-bond donors (Lipinski definition) is 0. The first-order chi connectivity index (χ1) is 31.8. The van der Waals surface area contributed by atoms with Gasteiger partial charge in [-0.25, -0.2) is 0 Å². The quantitative estimate of drug-likeness (QED) is 0.151. The molecule has 1 heterocycles. The van der Waals surface area contributed by atoms with Crippen LogP contribution in [0.2, 0.25) is 0 Å². The highest BCUT2D eigenvalue weighted by Gasteiger charge is 2.41. The number of benzene rings is 10. The zero-order valence-electron chi connectivity index (χ0n) is 35.3. The fourth-order valence-electron chi connectivity index (χ4n) is 10.3. The van der Waals surface area contributed by atoms with E-state index in [1.165, 1.54) is 83.3 Å². The van der Waals surface area contributed by atoms with Crippen LogP contribution in [0.25, 0.3) is 61.4 Å². The molecule has 10 aromatic rings. The Labute approximate surface area is 375 Å². The lowest BCUT2D eigenvalue weighted by atomic mass is 9.81. The maximum absolute atomic E-state index is 2.57. The molecule has 2 atom stereocenters. The summed E-state index contributed by atoms with van der Waals surface area (Å²) in [5.41, 5.74) is 19.3. The molecule has 1 aliphatic carbocycles. The van der Waals surface area contributed by atoms with Crippen LogP contribution in [0.15, 0.2) is 249 Å². The first kappa shape index (κ1) is 37.6. The molecule has 0 spiro atoms. The van der Waals surface area contributed by atoms with Gasteiger partial charge < -0.3 is 9.80 Å². The molecule has 0 aromatic heterocycles. The molecule has 302 valence electrons. The smallest absolute Gasteiger partial charge is 0.0636 e. The molecule has 2 heteroatoms. The SMILES string of the molecule is C1=CC2C(c3ccccc31)c1ccccc1N2c1ccccc1-c1ccc(N(c2ccc(-c3ccccc3)c(-c3ccc4ccccc4c3)c2)c2ccccc2-c2ccccc2)cc1. The Morgan fingerprint density at radius 1 is 0.344 bits per heavy atom. The van der Waals surface area contributed by atoms with Crippen LogP contribution >= 0.6 is 0 Å². The minimum Gasteiger partial charge on any atom is -0.333 e. The van der Waals surface area contributed by atoms with Gasteiger partial charge in [-0.2, -0.15) is 0 Å². The third kappa shape index (κ3) is 6.51. The summed E-state index contributed by atoms with van der Waals surface area (Å²) in [6.45, 7) is 0. The molecule has 0 radical (unpaired) electrons. The summed E-state index contributed by atoms with van der Waals surface area (Å²) in [5, 5.41) is 2.46. The van der Waals surface area contributed by atoms with E-state index < -0.39 is 0 Å². The number of para-hydroxylation sites is 3. The number of anilines is 5. The van der Waals surface area contributed by atoms with Crippen molar-refractivity contribution in [1.82, 2.24) is 0 Å². The lowest BCUT2D eigenvalue weighted by molar-refractivity contribution is 0.725. The predicted molar refractivity (Wildman–Crippen MR) is 270 cm³/mol. The van der Waals surface area contributed by atoms with Crippen molar-refractivity contribution in [2.45, 2.75) is 12.0 Å². The Balaban J connectivity index is 1.00. The Morgan fingerprint density at radius 3 is 1.72 bits per heavy atom. The summed E-state index contributed by atoms with van der Waals surface area (Å²) in [7, 11) is 0. The number of fused-ring (bicyclic) bond motifs is 6. The summed E-state index contributed by atoms with van der Waals surface area (Å²) in [6, 6.07) is 88.9. The zero-order chi connectivity index (χ0) is 42.4. The van der Waals surface area contributed by atoms with Gasteiger partial charge in [0.2, 0.25) is 0 Å². The van der Waals surface area contributed by atoms with E-state index in [0.717, 1.165) is 17.1 Å². The zero-order valence-corrected chi connectivity index (χ0v) is 35.3. The van der Waals surface area contributed by atoms with Crippen LogP contribution in [0, 0.1) is 0 Å². The van der Waals surface area contributed by atoms with E-state index in [1.807, 2.05) is 0 Å². The monoisotopic (exact) mass is 816 g/mol. The number of rotatable bonds is 8. The molecule has 0 saturated carbocycles. The molecule has 0 bridgehead atoms. The standard InChI is InChI=1S/C62H44N2/c1-3-18-44(19-4-1)52-39-38-51(42-57(52)49-32-31-43-17-7-8-23-48(43)41-49)63(58-28-14-11-24-53(58)45-20-5-2-6-21-45)50-36-33-47(34-37-50)54-25-12-15-29-59(54)64-60-30-16-13-27-56(60)62-55-26-10-9-22-46(55)35-40-61(62)64/h1-42,61-62H. The van der Waals surface area contributed by atoms with E-state index in [0.29, 0.717) is 0 Å². The highest BCUT2D eigenvalue weighted by Crippen LogP contribution is 2.53. The van der Waals surface area contributed by atoms with Crippen LogP contribution in [0.5, 0.6) is 0 Å². The molecule has 0 N–H and O–H groups in total. The second kappa shape index (κ2) is 15.9. The molecule has 1 aliphatic heterocycles. The van der Waals surface area contributed by atoms with E-state index in [-0.39, 0.29) is 12.0 Å². The summed E-state index contributed by atoms with van der Waals surface area (Å²) in [5.74, 6) is 0.263. The maximum Gasteiger partial charge on any atom is 0.0636 e. The van der Waals surface area contributed by atoms with E-state index in [9.17, 15) is 0 Å². The van der Waals surface area contributed by atoms with Crippen molar-refractivity contribution in [1.29, 1.82) is 0 Å². The van der Waals surface area contributed by atoms with Gasteiger partial charge in [0.25, 0.3) is 0 Å². The fraction of sp³-hybridized carbons (Fsp3) is 0.0323. The Hall–Kier alpha value is -8.20. The summed E-state index contributed by atoms with van der Waals surface area (Å²) in [4.78, 5) is 5.00. The lowest BCUT2D eigenvalue weighted by Crippen LogP contribution is -2.30.